The highest BCUT2D eigenvalue weighted by molar-refractivity contribution is 5.87. The Morgan fingerprint density at radius 2 is 1.95 bits per heavy atom. The third-order valence-electron chi connectivity index (χ3n) is 6.85. The Morgan fingerprint density at radius 1 is 1.22 bits per heavy atom. The number of hydrogen-bond donors (Lipinski definition) is 1. The van der Waals surface area contributed by atoms with Gasteiger partial charge in [0.15, 0.2) is 11.5 Å². The van der Waals surface area contributed by atoms with E-state index in [-0.39, 0.29) is 42.5 Å². The van der Waals surface area contributed by atoms with Crippen LogP contribution in [0.1, 0.15) is 53.0 Å². The van der Waals surface area contributed by atoms with Crippen molar-refractivity contribution in [1.29, 1.82) is 0 Å². The van der Waals surface area contributed by atoms with Crippen LogP contribution in [0.4, 0.5) is 0 Å². The molecule has 37 heavy (non-hydrogen) atoms. The molecule has 1 fully saturated rings. The first kappa shape index (κ1) is 28.1. The lowest BCUT2D eigenvalue weighted by atomic mass is 9.74. The summed E-state index contributed by atoms with van der Waals surface area (Å²) in [5.41, 5.74) is 0.784. The predicted octanol–water partition coefficient (Wildman–Crippen LogP) is 4.38. The number of fused-ring (bicyclic) bond motifs is 1. The summed E-state index contributed by atoms with van der Waals surface area (Å²) in [5, 5.41) is 9.76. The molecule has 0 amide bonds. The minimum Gasteiger partial charge on any atom is -0.504 e. The highest BCUT2D eigenvalue weighted by Crippen LogP contribution is 2.55. The van der Waals surface area contributed by atoms with Crippen LogP contribution in [0.5, 0.6) is 11.5 Å². The van der Waals surface area contributed by atoms with Gasteiger partial charge in [-0.05, 0) is 36.1 Å². The zero-order valence-electron chi connectivity index (χ0n) is 22.2. The maximum Gasteiger partial charge on any atom is 0.331 e. The number of ether oxygens (including phenoxy) is 5. The highest BCUT2D eigenvalue weighted by Gasteiger charge is 2.58. The van der Waals surface area contributed by atoms with E-state index in [1.54, 1.807) is 18.2 Å². The van der Waals surface area contributed by atoms with Crippen LogP contribution in [0.15, 0.2) is 36.1 Å². The molecule has 1 saturated carbocycles. The minimum absolute atomic E-state index is 0.000941. The molecule has 1 aromatic carbocycles. The Balaban J connectivity index is 1.78. The molecule has 202 valence electrons. The largest absolute Gasteiger partial charge is 0.504 e. The maximum atomic E-state index is 12.8. The van der Waals surface area contributed by atoms with Crippen LogP contribution >= 0.6 is 0 Å². The first-order valence-corrected chi connectivity index (χ1v) is 12.3. The van der Waals surface area contributed by atoms with Gasteiger partial charge in [-0.2, -0.15) is 0 Å². The molecule has 0 aromatic heterocycles. The van der Waals surface area contributed by atoms with Gasteiger partial charge in [-0.25, -0.2) is 4.79 Å². The molecule has 0 spiro atoms. The van der Waals surface area contributed by atoms with E-state index in [1.807, 2.05) is 27.7 Å². The second kappa shape index (κ2) is 11.7. The molecule has 2 aliphatic rings. The fourth-order valence-electron chi connectivity index (χ4n) is 4.94. The van der Waals surface area contributed by atoms with E-state index in [1.165, 1.54) is 32.4 Å². The molecule has 3 rings (SSSR count). The van der Waals surface area contributed by atoms with Gasteiger partial charge in [0.05, 0.1) is 13.4 Å². The van der Waals surface area contributed by atoms with Crippen LogP contribution in [0.2, 0.25) is 0 Å². The molecule has 1 unspecified atom stereocenters. The van der Waals surface area contributed by atoms with Crippen molar-refractivity contribution >= 4 is 24.0 Å². The van der Waals surface area contributed by atoms with Gasteiger partial charge in [0.1, 0.15) is 12.7 Å². The predicted molar refractivity (Wildman–Crippen MR) is 134 cm³/mol. The summed E-state index contributed by atoms with van der Waals surface area (Å²) in [4.78, 5) is 36.6. The number of methoxy groups -OCH3 is 1. The number of phenols is 1. The highest BCUT2D eigenvalue weighted by atomic mass is 16.7. The third kappa shape index (κ3) is 6.84. The summed E-state index contributed by atoms with van der Waals surface area (Å²) in [7, 11) is 1.44. The molecule has 1 heterocycles. The van der Waals surface area contributed by atoms with Crippen LogP contribution < -0.4 is 4.74 Å². The average molecular weight is 517 g/mol. The van der Waals surface area contributed by atoms with Crippen molar-refractivity contribution in [1.82, 2.24) is 0 Å². The Labute approximate surface area is 217 Å². The number of phenolic OH excluding ortho intramolecular Hbond substituents is 1. The van der Waals surface area contributed by atoms with Crippen molar-refractivity contribution in [3.05, 3.63) is 41.7 Å². The van der Waals surface area contributed by atoms with Crippen LogP contribution in [0.25, 0.3) is 6.08 Å². The summed E-state index contributed by atoms with van der Waals surface area (Å²) >= 11 is 0. The van der Waals surface area contributed by atoms with Crippen LogP contribution in [0, 0.1) is 23.2 Å². The minimum atomic E-state index is -0.851. The smallest absolute Gasteiger partial charge is 0.331 e. The number of esters is 3. The fourth-order valence-corrected chi connectivity index (χ4v) is 4.94. The molecule has 9 nitrogen and oxygen atoms in total. The molecular weight excluding hydrogens is 480 g/mol. The number of hydrogen-bond acceptors (Lipinski definition) is 9. The quantitative estimate of drug-likeness (QED) is 0.290. The lowest BCUT2D eigenvalue weighted by Gasteiger charge is -2.40. The van der Waals surface area contributed by atoms with Crippen molar-refractivity contribution in [2.45, 2.75) is 59.9 Å². The SMILES string of the molecule is COc1cc(/C=C/C(=O)OC2C[C@H]3C(COC(C)=O)=CO[C@H](OC(=O)CC(C)C)[C@H]3C2(C)C)ccc1O. The standard InChI is InChI=1S/C28H36O9/c1-16(2)11-25(32)37-27-26-20(19(15-35-27)14-34-17(3)29)13-23(28(26,4)5)36-24(31)10-8-18-7-9-21(30)22(12-18)33-6/h7-10,12,15-16,20,23,26-27,30H,11,13-14H2,1-6H3/b10-8+/t20-,23?,26-,27+/m0/s1. The Kier molecular flexibility index (Phi) is 8.89. The molecule has 0 bridgehead atoms. The Hall–Kier alpha value is -3.49. The normalized spacial score (nSPS) is 24.1. The molecule has 0 radical (unpaired) electrons. The van der Waals surface area contributed by atoms with E-state index < -0.39 is 29.7 Å². The lowest BCUT2D eigenvalue weighted by Crippen LogP contribution is -2.44. The van der Waals surface area contributed by atoms with Gasteiger partial charge >= 0.3 is 17.9 Å². The van der Waals surface area contributed by atoms with Gasteiger partial charge in [0.25, 0.3) is 0 Å². The van der Waals surface area contributed by atoms with E-state index in [0.29, 0.717) is 17.7 Å². The summed E-state index contributed by atoms with van der Waals surface area (Å²) in [6.07, 6.45) is 3.74. The van der Waals surface area contributed by atoms with Crippen molar-refractivity contribution in [3.63, 3.8) is 0 Å². The first-order valence-electron chi connectivity index (χ1n) is 12.3. The molecule has 1 aliphatic heterocycles. The molecule has 0 saturated heterocycles. The van der Waals surface area contributed by atoms with E-state index in [2.05, 4.69) is 0 Å². The molecule has 1 aromatic rings. The number of rotatable bonds is 9. The van der Waals surface area contributed by atoms with Crippen LogP contribution in [-0.4, -0.2) is 49.1 Å². The number of aromatic hydroxyl groups is 1. The topological polar surface area (TPSA) is 118 Å². The zero-order valence-corrected chi connectivity index (χ0v) is 22.2. The van der Waals surface area contributed by atoms with Crippen molar-refractivity contribution < 1.29 is 43.2 Å². The van der Waals surface area contributed by atoms with E-state index >= 15 is 0 Å². The molecule has 1 N–H and O–H groups in total. The first-order chi connectivity index (χ1) is 17.4. The fraction of sp³-hybridized carbons (Fsp3) is 0.536. The number of carbonyl (C=O) groups is 3. The average Bonchev–Trinajstić information content (AvgIpc) is 3.07. The van der Waals surface area contributed by atoms with Crippen molar-refractivity contribution in [2.24, 2.45) is 23.2 Å². The van der Waals surface area contributed by atoms with Gasteiger partial charge in [-0.3, -0.25) is 9.59 Å². The van der Waals surface area contributed by atoms with Gasteiger partial charge in [-0.1, -0.05) is 33.8 Å². The summed E-state index contributed by atoms with van der Waals surface area (Å²) < 4.78 is 27.7. The number of carbonyl (C=O) groups excluding carboxylic acids is 3. The van der Waals surface area contributed by atoms with E-state index in [4.69, 9.17) is 23.7 Å². The summed E-state index contributed by atoms with van der Waals surface area (Å²) in [6.45, 7) is 9.14. The van der Waals surface area contributed by atoms with E-state index in [9.17, 15) is 19.5 Å². The molecule has 9 heteroatoms. The van der Waals surface area contributed by atoms with Crippen LogP contribution in [-0.2, 0) is 33.3 Å². The number of benzene rings is 1. The Morgan fingerprint density at radius 3 is 2.59 bits per heavy atom. The summed E-state index contributed by atoms with van der Waals surface area (Å²) in [6, 6.07) is 4.73. The van der Waals surface area contributed by atoms with Crippen molar-refractivity contribution in [3.8, 4) is 11.5 Å². The second-order valence-corrected chi connectivity index (χ2v) is 10.4. The zero-order chi connectivity index (χ0) is 27.3. The molecule has 4 atom stereocenters. The van der Waals surface area contributed by atoms with Crippen LogP contribution in [0.3, 0.4) is 0 Å². The Bertz CT molecular complexity index is 1070. The second-order valence-electron chi connectivity index (χ2n) is 10.4. The van der Waals surface area contributed by atoms with E-state index in [0.717, 1.165) is 5.57 Å². The van der Waals surface area contributed by atoms with Gasteiger partial charge in [0, 0.05) is 42.2 Å². The summed E-state index contributed by atoms with van der Waals surface area (Å²) in [5.74, 6) is -1.39. The maximum absolute atomic E-state index is 12.8. The van der Waals surface area contributed by atoms with Gasteiger partial charge < -0.3 is 28.8 Å². The third-order valence-corrected chi connectivity index (χ3v) is 6.85. The molecular formula is C28H36O9. The monoisotopic (exact) mass is 516 g/mol. The van der Waals surface area contributed by atoms with Gasteiger partial charge in [0.2, 0.25) is 6.29 Å². The van der Waals surface area contributed by atoms with Gasteiger partial charge in [-0.15, -0.1) is 0 Å². The molecule has 1 aliphatic carbocycles. The lowest BCUT2D eigenvalue weighted by molar-refractivity contribution is -0.197. The van der Waals surface area contributed by atoms with Crippen molar-refractivity contribution in [2.75, 3.05) is 13.7 Å².